The van der Waals surface area contributed by atoms with Crippen LogP contribution in [0.2, 0.25) is 0 Å². The second kappa shape index (κ2) is 7.52. The first-order valence-electron chi connectivity index (χ1n) is 5.66. The van der Waals surface area contributed by atoms with Gasteiger partial charge in [0.25, 0.3) is 0 Å². The van der Waals surface area contributed by atoms with Crippen molar-refractivity contribution in [3.8, 4) is 5.75 Å². The minimum Gasteiger partial charge on any atom is -0.491 e. The van der Waals surface area contributed by atoms with Crippen LogP contribution in [-0.4, -0.2) is 42.0 Å². The predicted octanol–water partition coefficient (Wildman–Crippen LogP) is -0.493. The number of anilines is 1. The molecule has 0 aliphatic rings. The van der Waals surface area contributed by atoms with Crippen LogP contribution < -0.4 is 15.8 Å². The van der Waals surface area contributed by atoms with Crippen LogP contribution in [-0.2, 0) is 4.79 Å². The van der Waals surface area contributed by atoms with Crippen molar-refractivity contribution in [1.82, 2.24) is 5.32 Å². The Morgan fingerprint density at radius 2 is 2.17 bits per heavy atom. The molecule has 0 bridgehead atoms. The fourth-order valence-corrected chi connectivity index (χ4v) is 1.25. The molecule has 18 heavy (non-hydrogen) atoms. The van der Waals surface area contributed by atoms with E-state index < -0.39 is 6.10 Å². The van der Waals surface area contributed by atoms with Crippen LogP contribution in [0, 0.1) is 0 Å². The number of carbonyl (C=O) groups is 1. The Bertz CT molecular complexity index is 384. The molecule has 1 aromatic carbocycles. The number of carbonyl (C=O) groups excluding carboxylic acids is 1. The Hall–Kier alpha value is -1.79. The minimum atomic E-state index is -0.931. The second-order valence-corrected chi connectivity index (χ2v) is 3.78. The van der Waals surface area contributed by atoms with Gasteiger partial charge < -0.3 is 26.0 Å². The zero-order valence-corrected chi connectivity index (χ0v) is 10.0. The first-order chi connectivity index (χ1) is 8.63. The number of benzene rings is 1. The molecule has 1 aromatic rings. The van der Waals surface area contributed by atoms with E-state index in [1.165, 1.54) is 0 Å². The molecule has 0 spiro atoms. The number of para-hydroxylation sites is 2. The summed E-state index contributed by atoms with van der Waals surface area (Å²) in [4.78, 5) is 11.3. The number of nitrogens with two attached hydrogens (primary N) is 1. The molecule has 6 heteroatoms. The molecule has 0 aromatic heterocycles. The Morgan fingerprint density at radius 3 is 2.83 bits per heavy atom. The predicted molar refractivity (Wildman–Crippen MR) is 67.1 cm³/mol. The summed E-state index contributed by atoms with van der Waals surface area (Å²) in [5.41, 5.74) is 6.19. The average Bonchev–Trinajstić information content (AvgIpc) is 2.38. The number of nitrogens with one attached hydrogen (secondary N) is 1. The van der Waals surface area contributed by atoms with Crippen LogP contribution >= 0.6 is 0 Å². The van der Waals surface area contributed by atoms with Crippen molar-refractivity contribution >= 4 is 11.6 Å². The van der Waals surface area contributed by atoms with Gasteiger partial charge in [0.15, 0.2) is 0 Å². The SMILES string of the molecule is Nc1ccccc1OCCC(=O)NCC(O)CO. The number of rotatable bonds is 7. The lowest BCUT2D eigenvalue weighted by Gasteiger charge is -2.10. The normalized spacial score (nSPS) is 11.9. The highest BCUT2D eigenvalue weighted by Gasteiger charge is 2.06. The number of aliphatic hydroxyl groups excluding tert-OH is 2. The maximum absolute atomic E-state index is 11.3. The number of hydrogen-bond donors (Lipinski definition) is 4. The first-order valence-corrected chi connectivity index (χ1v) is 5.66. The standard InChI is InChI=1S/C12H18N2O4/c13-10-3-1-2-4-11(10)18-6-5-12(17)14-7-9(16)8-15/h1-4,9,15-16H,5-8,13H2,(H,14,17). The number of aliphatic hydroxyl groups is 2. The van der Waals surface area contributed by atoms with Crippen molar-refractivity contribution in [2.24, 2.45) is 0 Å². The van der Waals surface area contributed by atoms with Crippen LogP contribution in [0.4, 0.5) is 5.69 Å². The van der Waals surface area contributed by atoms with Gasteiger partial charge in [-0.3, -0.25) is 4.79 Å². The Balaban J connectivity index is 2.22. The number of hydrogen-bond acceptors (Lipinski definition) is 5. The Morgan fingerprint density at radius 1 is 1.44 bits per heavy atom. The quantitative estimate of drug-likeness (QED) is 0.491. The number of nitrogen functional groups attached to an aromatic ring is 1. The van der Waals surface area contributed by atoms with E-state index in [2.05, 4.69) is 5.32 Å². The van der Waals surface area contributed by atoms with Gasteiger partial charge in [-0.1, -0.05) is 12.1 Å². The van der Waals surface area contributed by atoms with Crippen LogP contribution in [0.1, 0.15) is 6.42 Å². The highest BCUT2D eigenvalue weighted by atomic mass is 16.5. The van der Waals surface area contributed by atoms with E-state index in [4.69, 9.17) is 20.7 Å². The smallest absolute Gasteiger partial charge is 0.223 e. The molecule has 0 saturated heterocycles. The van der Waals surface area contributed by atoms with E-state index in [1.807, 2.05) is 0 Å². The molecule has 0 aliphatic carbocycles. The molecule has 1 rings (SSSR count). The largest absolute Gasteiger partial charge is 0.491 e. The molecule has 1 unspecified atom stereocenters. The van der Waals surface area contributed by atoms with E-state index >= 15 is 0 Å². The molecule has 5 N–H and O–H groups in total. The molecule has 0 fully saturated rings. The van der Waals surface area contributed by atoms with Gasteiger partial charge in [-0.2, -0.15) is 0 Å². The Labute approximate surface area is 105 Å². The molecular weight excluding hydrogens is 236 g/mol. The van der Waals surface area contributed by atoms with Crippen molar-refractivity contribution in [2.45, 2.75) is 12.5 Å². The Kier molecular flexibility index (Phi) is 5.96. The summed E-state index contributed by atoms with van der Waals surface area (Å²) in [6, 6.07) is 7.03. The maximum atomic E-state index is 11.3. The number of ether oxygens (including phenoxy) is 1. The summed E-state index contributed by atoms with van der Waals surface area (Å²) in [5.74, 6) is 0.290. The van der Waals surface area contributed by atoms with E-state index in [1.54, 1.807) is 24.3 Å². The van der Waals surface area contributed by atoms with E-state index in [0.717, 1.165) is 0 Å². The lowest BCUT2D eigenvalue weighted by molar-refractivity contribution is -0.122. The zero-order chi connectivity index (χ0) is 13.4. The van der Waals surface area contributed by atoms with Crippen LogP contribution in [0.25, 0.3) is 0 Å². The summed E-state index contributed by atoms with van der Waals surface area (Å²) in [6.45, 7) is -0.143. The van der Waals surface area contributed by atoms with Gasteiger partial charge in [-0.15, -0.1) is 0 Å². The molecule has 0 aliphatic heterocycles. The van der Waals surface area contributed by atoms with Gasteiger partial charge in [0.2, 0.25) is 5.91 Å². The molecule has 0 heterocycles. The lowest BCUT2D eigenvalue weighted by Crippen LogP contribution is -2.34. The van der Waals surface area contributed by atoms with Gasteiger partial charge in [0, 0.05) is 6.54 Å². The third-order valence-corrected chi connectivity index (χ3v) is 2.25. The van der Waals surface area contributed by atoms with E-state index in [9.17, 15) is 4.79 Å². The van der Waals surface area contributed by atoms with Gasteiger partial charge in [-0.25, -0.2) is 0 Å². The van der Waals surface area contributed by atoms with Crippen molar-refractivity contribution in [1.29, 1.82) is 0 Å². The first kappa shape index (κ1) is 14.3. The van der Waals surface area contributed by atoms with E-state index in [-0.39, 0.29) is 32.1 Å². The summed E-state index contributed by atoms with van der Waals surface area (Å²) >= 11 is 0. The number of amides is 1. The molecule has 6 nitrogen and oxygen atoms in total. The van der Waals surface area contributed by atoms with Crippen LogP contribution in [0.15, 0.2) is 24.3 Å². The van der Waals surface area contributed by atoms with Crippen LogP contribution in [0.3, 0.4) is 0 Å². The maximum Gasteiger partial charge on any atom is 0.223 e. The molecule has 0 radical (unpaired) electrons. The molecule has 1 atom stereocenters. The highest BCUT2D eigenvalue weighted by molar-refractivity contribution is 5.76. The summed E-state index contributed by atoms with van der Waals surface area (Å²) in [7, 11) is 0. The summed E-state index contributed by atoms with van der Waals surface area (Å²) in [6.07, 6.45) is -0.772. The van der Waals surface area contributed by atoms with Crippen LogP contribution in [0.5, 0.6) is 5.75 Å². The molecule has 0 saturated carbocycles. The van der Waals surface area contributed by atoms with Crippen molar-refractivity contribution in [3.63, 3.8) is 0 Å². The monoisotopic (exact) mass is 254 g/mol. The highest BCUT2D eigenvalue weighted by Crippen LogP contribution is 2.19. The molecular formula is C12H18N2O4. The second-order valence-electron chi connectivity index (χ2n) is 3.78. The topological polar surface area (TPSA) is 105 Å². The van der Waals surface area contributed by atoms with E-state index in [0.29, 0.717) is 11.4 Å². The minimum absolute atomic E-state index is 0.0306. The van der Waals surface area contributed by atoms with Gasteiger partial charge in [0.1, 0.15) is 5.75 Å². The van der Waals surface area contributed by atoms with Gasteiger partial charge in [0.05, 0.1) is 31.4 Å². The third kappa shape index (κ3) is 5.03. The summed E-state index contributed by atoms with van der Waals surface area (Å²) in [5, 5.41) is 20.1. The lowest BCUT2D eigenvalue weighted by atomic mass is 10.3. The average molecular weight is 254 g/mol. The fraction of sp³-hybridized carbons (Fsp3) is 0.417. The van der Waals surface area contributed by atoms with Crippen molar-refractivity contribution in [3.05, 3.63) is 24.3 Å². The van der Waals surface area contributed by atoms with Gasteiger partial charge >= 0.3 is 0 Å². The zero-order valence-electron chi connectivity index (χ0n) is 10.0. The summed E-state index contributed by atoms with van der Waals surface area (Å²) < 4.78 is 5.34. The van der Waals surface area contributed by atoms with Crippen molar-refractivity contribution < 1.29 is 19.7 Å². The third-order valence-electron chi connectivity index (χ3n) is 2.25. The van der Waals surface area contributed by atoms with Crippen molar-refractivity contribution in [2.75, 3.05) is 25.5 Å². The molecule has 100 valence electrons. The fourth-order valence-electron chi connectivity index (χ4n) is 1.25. The van der Waals surface area contributed by atoms with Gasteiger partial charge in [-0.05, 0) is 12.1 Å². The molecule has 1 amide bonds.